The second kappa shape index (κ2) is 17.3. The number of amides is 3. The van der Waals surface area contributed by atoms with E-state index < -0.39 is 47.9 Å². The Morgan fingerprint density at radius 2 is 1.33 bits per heavy atom. The fourth-order valence-electron chi connectivity index (χ4n) is 4.34. The van der Waals surface area contributed by atoms with Gasteiger partial charge in [0, 0.05) is 19.4 Å². The first-order valence-electron chi connectivity index (χ1n) is 14.1. The van der Waals surface area contributed by atoms with E-state index in [-0.39, 0.29) is 43.4 Å². The van der Waals surface area contributed by atoms with E-state index in [9.17, 15) is 29.4 Å². The van der Waals surface area contributed by atoms with Gasteiger partial charge in [-0.25, -0.2) is 4.79 Å². The average Bonchev–Trinajstić information content (AvgIpc) is 2.94. The van der Waals surface area contributed by atoms with Crippen LogP contribution in [0.15, 0.2) is 59.6 Å². The topological polar surface area (TPSA) is 235 Å². The summed E-state index contributed by atoms with van der Waals surface area (Å²) in [4.78, 5) is 55.7. The fraction of sp³-hybridized carbons (Fsp3) is 0.433. The maximum Gasteiger partial charge on any atom is 0.326 e. The number of nitrogens with one attached hydrogen (secondary N) is 3. The smallest absolute Gasteiger partial charge is 0.326 e. The van der Waals surface area contributed by atoms with E-state index in [2.05, 4.69) is 20.9 Å². The van der Waals surface area contributed by atoms with Gasteiger partial charge in [0.2, 0.25) is 17.7 Å². The molecule has 4 atom stereocenters. The summed E-state index contributed by atoms with van der Waals surface area (Å²) in [7, 11) is 0. The molecule has 4 unspecified atom stereocenters. The van der Waals surface area contributed by atoms with Gasteiger partial charge in [0.1, 0.15) is 23.9 Å². The molecular formula is C30H43N7O6. The molecule has 0 heterocycles. The van der Waals surface area contributed by atoms with Gasteiger partial charge in [-0.05, 0) is 48.4 Å². The number of hydrogen-bond acceptors (Lipinski definition) is 7. The second-order valence-corrected chi connectivity index (χ2v) is 10.8. The van der Waals surface area contributed by atoms with Gasteiger partial charge in [-0.2, -0.15) is 0 Å². The third-order valence-electron chi connectivity index (χ3n) is 6.55. The highest BCUT2D eigenvalue weighted by molar-refractivity contribution is 5.94. The van der Waals surface area contributed by atoms with Crippen molar-refractivity contribution in [3.8, 4) is 5.75 Å². The largest absolute Gasteiger partial charge is 0.508 e. The van der Waals surface area contributed by atoms with Gasteiger partial charge in [-0.1, -0.05) is 56.3 Å². The lowest BCUT2D eigenvalue weighted by Crippen LogP contribution is -2.57. The predicted molar refractivity (Wildman–Crippen MR) is 163 cm³/mol. The molecule has 0 saturated carbocycles. The number of nitrogens with two attached hydrogens (primary N) is 3. The fourth-order valence-corrected chi connectivity index (χ4v) is 4.34. The molecule has 13 nitrogen and oxygen atoms in total. The van der Waals surface area contributed by atoms with Crippen LogP contribution in [0.1, 0.15) is 44.2 Å². The summed E-state index contributed by atoms with van der Waals surface area (Å²) < 4.78 is 0. The molecule has 43 heavy (non-hydrogen) atoms. The van der Waals surface area contributed by atoms with Crippen molar-refractivity contribution in [1.29, 1.82) is 0 Å². The Hall–Kier alpha value is -4.65. The van der Waals surface area contributed by atoms with E-state index in [1.807, 2.05) is 19.9 Å². The summed E-state index contributed by atoms with van der Waals surface area (Å²) in [6, 6.07) is 10.6. The van der Waals surface area contributed by atoms with Crippen LogP contribution in [0.2, 0.25) is 0 Å². The van der Waals surface area contributed by atoms with Crippen molar-refractivity contribution in [3.05, 3.63) is 65.7 Å². The molecule has 234 valence electrons. The van der Waals surface area contributed by atoms with Gasteiger partial charge in [0.05, 0.1) is 6.04 Å². The van der Waals surface area contributed by atoms with Crippen LogP contribution in [0.25, 0.3) is 0 Å². The number of rotatable bonds is 17. The maximum absolute atomic E-state index is 13.6. The normalized spacial score (nSPS) is 13.7. The van der Waals surface area contributed by atoms with Crippen molar-refractivity contribution >= 4 is 29.7 Å². The lowest BCUT2D eigenvalue weighted by Gasteiger charge is -2.25. The van der Waals surface area contributed by atoms with Gasteiger partial charge in [0.15, 0.2) is 5.96 Å². The minimum absolute atomic E-state index is 0.0190. The summed E-state index contributed by atoms with van der Waals surface area (Å²) >= 11 is 0. The van der Waals surface area contributed by atoms with Crippen LogP contribution in [0, 0.1) is 5.92 Å². The highest BCUT2D eigenvalue weighted by Gasteiger charge is 2.30. The average molecular weight is 598 g/mol. The molecule has 0 radical (unpaired) electrons. The maximum atomic E-state index is 13.6. The number of aromatic hydroxyl groups is 1. The Kier molecular flexibility index (Phi) is 13.9. The Labute approximate surface area is 251 Å². The first-order valence-corrected chi connectivity index (χ1v) is 14.1. The number of hydrogen-bond donors (Lipinski definition) is 8. The first kappa shape index (κ1) is 34.6. The Morgan fingerprint density at radius 3 is 1.91 bits per heavy atom. The Morgan fingerprint density at radius 1 is 0.791 bits per heavy atom. The van der Waals surface area contributed by atoms with Crippen LogP contribution in [0.5, 0.6) is 5.75 Å². The van der Waals surface area contributed by atoms with Crippen molar-refractivity contribution in [2.45, 2.75) is 70.1 Å². The zero-order valence-electron chi connectivity index (χ0n) is 24.5. The number of guanidine groups is 1. The molecule has 13 heteroatoms. The van der Waals surface area contributed by atoms with E-state index in [0.29, 0.717) is 18.4 Å². The van der Waals surface area contributed by atoms with Crippen LogP contribution in [0.3, 0.4) is 0 Å². The number of phenols is 1. The van der Waals surface area contributed by atoms with Gasteiger partial charge < -0.3 is 43.4 Å². The molecule has 11 N–H and O–H groups in total. The van der Waals surface area contributed by atoms with Crippen molar-refractivity contribution in [1.82, 2.24) is 16.0 Å². The third-order valence-corrected chi connectivity index (χ3v) is 6.55. The molecule has 0 aliphatic carbocycles. The van der Waals surface area contributed by atoms with Crippen LogP contribution in [-0.2, 0) is 32.0 Å². The van der Waals surface area contributed by atoms with Crippen molar-refractivity contribution in [3.63, 3.8) is 0 Å². The molecule has 2 aromatic carbocycles. The zero-order valence-corrected chi connectivity index (χ0v) is 24.5. The Bertz CT molecular complexity index is 1230. The molecule has 2 rings (SSSR count). The molecule has 0 aromatic heterocycles. The van der Waals surface area contributed by atoms with E-state index in [1.165, 1.54) is 12.1 Å². The summed E-state index contributed by atoms with van der Waals surface area (Å²) in [6.45, 7) is 4.03. The first-order chi connectivity index (χ1) is 20.3. The minimum atomic E-state index is -1.32. The minimum Gasteiger partial charge on any atom is -0.508 e. The van der Waals surface area contributed by atoms with Gasteiger partial charge in [-0.3, -0.25) is 19.4 Å². The molecule has 0 aliphatic heterocycles. The van der Waals surface area contributed by atoms with Crippen LogP contribution >= 0.6 is 0 Å². The number of aliphatic imine (C=N–C) groups is 1. The van der Waals surface area contributed by atoms with Crippen LogP contribution < -0.4 is 33.2 Å². The molecule has 0 bridgehead atoms. The number of carbonyl (C=O) groups excluding carboxylic acids is 3. The highest BCUT2D eigenvalue weighted by Crippen LogP contribution is 2.12. The number of aliphatic carboxylic acids is 1. The number of carbonyl (C=O) groups is 4. The van der Waals surface area contributed by atoms with E-state index >= 15 is 0 Å². The lowest BCUT2D eigenvalue weighted by atomic mass is 10.0. The zero-order chi connectivity index (χ0) is 31.9. The standard InChI is InChI=1S/C30H43N7O6/c1-18(2)15-22(31)26(39)36-24(16-19-7-4-3-5-8-19)28(41)35-23(9-6-14-34-30(32)33)27(40)37-25(29(42)43)17-20-10-12-21(38)13-11-20/h3-5,7-8,10-13,18,22-25,38H,6,9,14-17,31H2,1-2H3,(H,35,41)(H,36,39)(H,37,40)(H,42,43)(H4,32,33,34). The molecule has 0 saturated heterocycles. The predicted octanol–water partition coefficient (Wildman–Crippen LogP) is 0.143. The number of phenolic OH excluding ortho intramolecular Hbond substituents is 1. The van der Waals surface area contributed by atoms with Gasteiger partial charge >= 0.3 is 5.97 Å². The quantitative estimate of drug-likeness (QED) is 0.0702. The number of benzene rings is 2. The number of carboxylic acid groups (broad SMARTS) is 1. The van der Waals surface area contributed by atoms with Crippen molar-refractivity contribution < 1.29 is 29.4 Å². The summed E-state index contributed by atoms with van der Waals surface area (Å²) in [5.74, 6) is -3.10. The summed E-state index contributed by atoms with van der Waals surface area (Å²) in [6.07, 6.45) is 0.864. The van der Waals surface area contributed by atoms with E-state index in [0.717, 1.165) is 5.56 Å². The molecule has 0 aliphatic rings. The van der Waals surface area contributed by atoms with Crippen LogP contribution in [0.4, 0.5) is 0 Å². The molecule has 0 fully saturated rings. The number of nitrogens with zero attached hydrogens (tertiary/aromatic N) is 1. The lowest BCUT2D eigenvalue weighted by molar-refractivity contribution is -0.142. The Balaban J connectivity index is 2.26. The number of carboxylic acids is 1. The third kappa shape index (κ3) is 12.8. The van der Waals surface area contributed by atoms with Crippen molar-refractivity contribution in [2.75, 3.05) is 6.54 Å². The monoisotopic (exact) mass is 597 g/mol. The SMILES string of the molecule is CC(C)CC(N)C(=O)NC(Cc1ccccc1)C(=O)NC(CCCN=C(N)N)C(=O)NC(Cc1ccc(O)cc1)C(=O)O. The molecular weight excluding hydrogens is 554 g/mol. The van der Waals surface area contributed by atoms with E-state index in [1.54, 1.807) is 36.4 Å². The van der Waals surface area contributed by atoms with Gasteiger partial charge in [0.25, 0.3) is 0 Å². The van der Waals surface area contributed by atoms with E-state index in [4.69, 9.17) is 17.2 Å². The summed E-state index contributed by atoms with van der Waals surface area (Å²) in [5, 5.41) is 27.2. The summed E-state index contributed by atoms with van der Waals surface area (Å²) in [5.41, 5.74) is 18.2. The van der Waals surface area contributed by atoms with Crippen molar-refractivity contribution in [2.24, 2.45) is 28.1 Å². The molecule has 0 spiro atoms. The van der Waals surface area contributed by atoms with Gasteiger partial charge in [-0.15, -0.1) is 0 Å². The molecule has 3 amide bonds. The second-order valence-electron chi connectivity index (χ2n) is 10.8. The highest BCUT2D eigenvalue weighted by atomic mass is 16.4. The van der Waals surface area contributed by atoms with Crippen LogP contribution in [-0.4, -0.2) is 70.6 Å². The molecule has 2 aromatic rings.